The Bertz CT molecular complexity index is 560. The first kappa shape index (κ1) is 11.8. The molecule has 4 nitrogen and oxygen atoms in total. The summed E-state index contributed by atoms with van der Waals surface area (Å²) in [6.45, 7) is 3.87. The van der Waals surface area contributed by atoms with Gasteiger partial charge < -0.3 is 11.1 Å². The van der Waals surface area contributed by atoms with Crippen molar-refractivity contribution in [2.75, 3.05) is 11.1 Å². The predicted octanol–water partition coefficient (Wildman–Crippen LogP) is 3.02. The third kappa shape index (κ3) is 2.22. The molecule has 0 unspecified atom stereocenters. The zero-order chi connectivity index (χ0) is 12.6. The Morgan fingerprint density at radius 3 is 2.59 bits per heavy atom. The minimum absolute atomic E-state index is 0.643. The van der Waals surface area contributed by atoms with Crippen molar-refractivity contribution in [1.29, 1.82) is 0 Å². The third-order valence-corrected chi connectivity index (χ3v) is 2.96. The van der Waals surface area contributed by atoms with Crippen LogP contribution in [0.2, 0.25) is 5.02 Å². The highest BCUT2D eigenvalue weighted by Gasteiger charge is 2.11. The lowest BCUT2D eigenvalue weighted by Crippen LogP contribution is -2.01. The highest BCUT2D eigenvalue weighted by Crippen LogP contribution is 2.29. The van der Waals surface area contributed by atoms with E-state index in [4.69, 9.17) is 17.3 Å². The SMILES string of the molecule is Cc1ccc(Nc2c(N)c(C)nn2C)c(Cl)c1. The van der Waals surface area contributed by atoms with Gasteiger partial charge in [0.2, 0.25) is 0 Å². The van der Waals surface area contributed by atoms with Crippen LogP contribution in [0.5, 0.6) is 0 Å². The molecule has 0 spiro atoms. The monoisotopic (exact) mass is 250 g/mol. The number of hydrogen-bond donors (Lipinski definition) is 2. The molecule has 1 heterocycles. The Labute approximate surface area is 105 Å². The molecule has 0 amide bonds. The fourth-order valence-corrected chi connectivity index (χ4v) is 1.95. The van der Waals surface area contributed by atoms with E-state index < -0.39 is 0 Å². The fraction of sp³-hybridized carbons (Fsp3) is 0.250. The summed E-state index contributed by atoms with van der Waals surface area (Å²) in [6, 6.07) is 5.83. The van der Waals surface area contributed by atoms with Crippen LogP contribution in [-0.4, -0.2) is 9.78 Å². The maximum Gasteiger partial charge on any atom is 0.152 e. The maximum atomic E-state index is 6.16. The van der Waals surface area contributed by atoms with E-state index >= 15 is 0 Å². The second kappa shape index (κ2) is 4.30. The molecule has 0 atom stereocenters. The van der Waals surface area contributed by atoms with E-state index in [0.717, 1.165) is 22.8 Å². The summed E-state index contributed by atoms with van der Waals surface area (Å²) in [6.07, 6.45) is 0. The third-order valence-electron chi connectivity index (χ3n) is 2.65. The second-order valence-corrected chi connectivity index (χ2v) is 4.49. The molecular formula is C12H15ClN4. The molecule has 0 aliphatic heterocycles. The number of anilines is 3. The summed E-state index contributed by atoms with van der Waals surface area (Å²) in [5.41, 5.74) is 9.33. The van der Waals surface area contributed by atoms with Crippen molar-refractivity contribution in [2.24, 2.45) is 7.05 Å². The fourth-order valence-electron chi connectivity index (χ4n) is 1.67. The minimum atomic E-state index is 0.643. The number of halogens is 1. The Hall–Kier alpha value is -1.68. The standard InChI is InChI=1S/C12H15ClN4/c1-7-4-5-10(9(13)6-7)15-12-11(14)8(2)16-17(12)3/h4-6,15H,14H2,1-3H3. The zero-order valence-electron chi connectivity index (χ0n) is 10.1. The van der Waals surface area contributed by atoms with Crippen LogP contribution in [0.25, 0.3) is 0 Å². The number of hydrogen-bond acceptors (Lipinski definition) is 3. The highest BCUT2D eigenvalue weighted by molar-refractivity contribution is 6.33. The van der Waals surface area contributed by atoms with Crippen LogP contribution < -0.4 is 11.1 Å². The molecule has 0 fully saturated rings. The molecule has 1 aromatic carbocycles. The van der Waals surface area contributed by atoms with Crippen molar-refractivity contribution in [2.45, 2.75) is 13.8 Å². The number of nitrogens with two attached hydrogens (primary N) is 1. The van der Waals surface area contributed by atoms with Crippen molar-refractivity contribution in [1.82, 2.24) is 9.78 Å². The largest absolute Gasteiger partial charge is 0.394 e. The molecule has 2 rings (SSSR count). The minimum Gasteiger partial charge on any atom is -0.394 e. The lowest BCUT2D eigenvalue weighted by atomic mass is 10.2. The van der Waals surface area contributed by atoms with Crippen molar-refractivity contribution >= 4 is 28.8 Å². The van der Waals surface area contributed by atoms with E-state index in [0.29, 0.717) is 10.7 Å². The van der Waals surface area contributed by atoms with Gasteiger partial charge in [0.15, 0.2) is 5.82 Å². The van der Waals surface area contributed by atoms with Gasteiger partial charge in [-0.15, -0.1) is 0 Å². The summed E-state index contributed by atoms with van der Waals surface area (Å²) < 4.78 is 1.71. The van der Waals surface area contributed by atoms with Gasteiger partial charge in [0, 0.05) is 7.05 Å². The van der Waals surface area contributed by atoms with Crippen LogP contribution in [0.4, 0.5) is 17.2 Å². The lowest BCUT2D eigenvalue weighted by Gasteiger charge is -2.10. The molecule has 0 saturated heterocycles. The molecule has 2 aromatic rings. The normalized spacial score (nSPS) is 10.6. The van der Waals surface area contributed by atoms with Gasteiger partial charge >= 0.3 is 0 Å². The second-order valence-electron chi connectivity index (χ2n) is 4.08. The van der Waals surface area contributed by atoms with Crippen molar-refractivity contribution < 1.29 is 0 Å². The first-order valence-electron chi connectivity index (χ1n) is 5.31. The molecule has 0 aliphatic rings. The Morgan fingerprint density at radius 1 is 1.35 bits per heavy atom. The van der Waals surface area contributed by atoms with Gasteiger partial charge in [-0.2, -0.15) is 5.10 Å². The Morgan fingerprint density at radius 2 is 2.06 bits per heavy atom. The number of nitrogens with zero attached hydrogens (tertiary/aromatic N) is 2. The van der Waals surface area contributed by atoms with E-state index in [1.807, 2.05) is 39.1 Å². The molecule has 17 heavy (non-hydrogen) atoms. The summed E-state index contributed by atoms with van der Waals surface area (Å²) >= 11 is 6.16. The molecule has 3 N–H and O–H groups in total. The van der Waals surface area contributed by atoms with Gasteiger partial charge in [0.1, 0.15) is 0 Å². The number of aryl methyl sites for hydroxylation is 3. The van der Waals surface area contributed by atoms with Gasteiger partial charge in [-0.1, -0.05) is 17.7 Å². The van der Waals surface area contributed by atoms with Gasteiger partial charge in [-0.05, 0) is 31.5 Å². The van der Waals surface area contributed by atoms with E-state index in [9.17, 15) is 0 Å². The van der Waals surface area contributed by atoms with Gasteiger partial charge in [-0.25, -0.2) is 0 Å². The van der Waals surface area contributed by atoms with Crippen LogP contribution in [-0.2, 0) is 7.05 Å². The molecule has 5 heteroatoms. The summed E-state index contributed by atoms with van der Waals surface area (Å²) in [7, 11) is 1.84. The van der Waals surface area contributed by atoms with Crippen LogP contribution in [0.15, 0.2) is 18.2 Å². The first-order valence-corrected chi connectivity index (χ1v) is 5.69. The topological polar surface area (TPSA) is 55.9 Å². The van der Waals surface area contributed by atoms with Crippen molar-refractivity contribution in [3.8, 4) is 0 Å². The highest BCUT2D eigenvalue weighted by atomic mass is 35.5. The quantitative estimate of drug-likeness (QED) is 0.862. The molecule has 1 aromatic heterocycles. The summed E-state index contributed by atoms with van der Waals surface area (Å²) in [4.78, 5) is 0. The molecule has 0 radical (unpaired) electrons. The van der Waals surface area contributed by atoms with Gasteiger partial charge in [0.05, 0.1) is 22.1 Å². The van der Waals surface area contributed by atoms with Gasteiger partial charge in [-0.3, -0.25) is 4.68 Å². The van der Waals surface area contributed by atoms with E-state index in [1.165, 1.54) is 0 Å². The smallest absolute Gasteiger partial charge is 0.152 e. The molecule has 0 saturated carbocycles. The number of benzene rings is 1. The summed E-state index contributed by atoms with van der Waals surface area (Å²) in [5.74, 6) is 0.758. The number of rotatable bonds is 2. The lowest BCUT2D eigenvalue weighted by molar-refractivity contribution is 0.765. The number of nitrogens with one attached hydrogen (secondary N) is 1. The molecule has 90 valence electrons. The average Bonchev–Trinajstić information content (AvgIpc) is 2.48. The van der Waals surface area contributed by atoms with Crippen LogP contribution >= 0.6 is 11.6 Å². The first-order chi connectivity index (χ1) is 7.99. The Kier molecular flexibility index (Phi) is 2.98. The van der Waals surface area contributed by atoms with E-state index in [-0.39, 0.29) is 0 Å². The molecular weight excluding hydrogens is 236 g/mol. The average molecular weight is 251 g/mol. The Balaban J connectivity index is 2.38. The zero-order valence-corrected chi connectivity index (χ0v) is 10.8. The maximum absolute atomic E-state index is 6.16. The van der Waals surface area contributed by atoms with Crippen molar-refractivity contribution in [3.63, 3.8) is 0 Å². The van der Waals surface area contributed by atoms with Crippen molar-refractivity contribution in [3.05, 3.63) is 34.5 Å². The number of aromatic nitrogens is 2. The van der Waals surface area contributed by atoms with Gasteiger partial charge in [0.25, 0.3) is 0 Å². The van der Waals surface area contributed by atoms with Crippen LogP contribution in [0.3, 0.4) is 0 Å². The van der Waals surface area contributed by atoms with Crippen LogP contribution in [0.1, 0.15) is 11.3 Å². The molecule has 0 aliphatic carbocycles. The number of nitrogen functional groups attached to an aromatic ring is 1. The van der Waals surface area contributed by atoms with Crippen LogP contribution in [0, 0.1) is 13.8 Å². The predicted molar refractivity (Wildman–Crippen MR) is 71.8 cm³/mol. The van der Waals surface area contributed by atoms with E-state index in [2.05, 4.69) is 10.4 Å². The molecule has 0 bridgehead atoms. The van der Waals surface area contributed by atoms with E-state index in [1.54, 1.807) is 4.68 Å². The summed E-state index contributed by atoms with van der Waals surface area (Å²) in [5, 5.41) is 8.11.